The van der Waals surface area contributed by atoms with Crippen LogP contribution in [0.4, 0.5) is 5.69 Å². The zero-order valence-electron chi connectivity index (χ0n) is 9.72. The number of nitrogens with one attached hydrogen (secondary N) is 1. The molecule has 1 rings (SSSR count). The number of amides is 1. The summed E-state index contributed by atoms with van der Waals surface area (Å²) in [4.78, 5) is 13.6. The molecule has 0 saturated heterocycles. The number of anilines is 1. The van der Waals surface area contributed by atoms with E-state index in [-0.39, 0.29) is 11.9 Å². The Labute approximate surface area is 116 Å². The number of likely N-dealkylation sites (N-methyl/N-ethyl adjacent to an activating group) is 1. The first-order valence-electron chi connectivity index (χ1n) is 4.94. The molecule has 0 unspecified atom stereocenters. The summed E-state index contributed by atoms with van der Waals surface area (Å²) in [6.07, 6.45) is 0. The van der Waals surface area contributed by atoms with Crippen LogP contribution >= 0.6 is 34.8 Å². The van der Waals surface area contributed by atoms with Crippen LogP contribution in [0, 0.1) is 0 Å². The number of rotatable bonds is 3. The van der Waals surface area contributed by atoms with Crippen molar-refractivity contribution in [2.24, 2.45) is 0 Å². The van der Waals surface area contributed by atoms with Gasteiger partial charge in [-0.1, -0.05) is 34.8 Å². The third-order valence-corrected chi connectivity index (χ3v) is 3.46. The van der Waals surface area contributed by atoms with E-state index in [1.807, 2.05) is 14.1 Å². The lowest BCUT2D eigenvalue weighted by atomic mass is 10.2. The molecular formula is C11H13Cl3N2O. The highest BCUT2D eigenvalue weighted by Crippen LogP contribution is 2.32. The molecule has 1 amide bonds. The maximum atomic E-state index is 11.8. The fourth-order valence-corrected chi connectivity index (χ4v) is 1.68. The van der Waals surface area contributed by atoms with E-state index in [0.717, 1.165) is 0 Å². The molecule has 0 spiro atoms. The largest absolute Gasteiger partial charge is 0.323 e. The lowest BCUT2D eigenvalue weighted by molar-refractivity contribution is -0.119. The highest BCUT2D eigenvalue weighted by Gasteiger charge is 2.16. The van der Waals surface area contributed by atoms with Crippen LogP contribution in [0.2, 0.25) is 15.1 Å². The Kier molecular flexibility index (Phi) is 5.07. The molecule has 0 saturated carbocycles. The van der Waals surface area contributed by atoms with Gasteiger partial charge in [0.05, 0.1) is 26.8 Å². The summed E-state index contributed by atoms with van der Waals surface area (Å²) in [6, 6.07) is 2.77. The molecule has 0 aliphatic rings. The fourth-order valence-electron chi connectivity index (χ4n) is 1.09. The predicted octanol–water partition coefficient (Wildman–Crippen LogP) is 3.54. The van der Waals surface area contributed by atoms with Crippen LogP contribution in [0.3, 0.4) is 0 Å². The van der Waals surface area contributed by atoms with Crippen molar-refractivity contribution in [3.05, 3.63) is 27.2 Å². The third kappa shape index (κ3) is 3.75. The van der Waals surface area contributed by atoms with E-state index in [1.165, 1.54) is 12.1 Å². The maximum absolute atomic E-state index is 11.8. The molecule has 0 heterocycles. The van der Waals surface area contributed by atoms with Crippen molar-refractivity contribution in [1.29, 1.82) is 0 Å². The molecule has 1 N–H and O–H groups in total. The molecule has 0 radical (unpaired) electrons. The number of carbonyl (C=O) groups is 1. The average Bonchev–Trinajstić information content (AvgIpc) is 2.24. The number of benzene rings is 1. The predicted molar refractivity (Wildman–Crippen MR) is 73.3 cm³/mol. The topological polar surface area (TPSA) is 32.3 Å². The molecule has 0 fully saturated rings. The molecular weight excluding hydrogens is 282 g/mol. The zero-order valence-corrected chi connectivity index (χ0v) is 12.0. The lowest BCUT2D eigenvalue weighted by Crippen LogP contribution is -2.37. The van der Waals surface area contributed by atoms with Crippen molar-refractivity contribution in [3.8, 4) is 0 Å². The summed E-state index contributed by atoms with van der Waals surface area (Å²) >= 11 is 17.6. The van der Waals surface area contributed by atoms with Gasteiger partial charge in [0.15, 0.2) is 0 Å². The van der Waals surface area contributed by atoms with Gasteiger partial charge in [-0.15, -0.1) is 0 Å². The van der Waals surface area contributed by atoms with Gasteiger partial charge < -0.3 is 5.32 Å². The van der Waals surface area contributed by atoms with Crippen LogP contribution in [0.15, 0.2) is 12.1 Å². The maximum Gasteiger partial charge on any atom is 0.241 e. The van der Waals surface area contributed by atoms with Crippen molar-refractivity contribution in [2.75, 3.05) is 19.4 Å². The number of halogens is 3. The molecule has 17 heavy (non-hydrogen) atoms. The Hall–Kier alpha value is -0.480. The minimum Gasteiger partial charge on any atom is -0.323 e. The van der Waals surface area contributed by atoms with Gasteiger partial charge in [0.1, 0.15) is 0 Å². The van der Waals surface area contributed by atoms with Crippen LogP contribution in [0.1, 0.15) is 6.92 Å². The zero-order chi connectivity index (χ0) is 13.2. The van der Waals surface area contributed by atoms with E-state index in [2.05, 4.69) is 5.32 Å². The highest BCUT2D eigenvalue weighted by atomic mass is 35.5. The summed E-state index contributed by atoms with van der Waals surface area (Å²) in [6.45, 7) is 1.79. The standard InChI is InChI=1S/C11H13Cl3N2O/c1-6(16(2)3)11(17)15-10-5-8(13)7(12)4-9(10)14/h4-6H,1-3H3,(H,15,17)/t6-/m0/s1. The van der Waals surface area contributed by atoms with E-state index < -0.39 is 0 Å². The summed E-state index contributed by atoms with van der Waals surface area (Å²) in [5.74, 6) is -0.157. The summed E-state index contributed by atoms with van der Waals surface area (Å²) in [7, 11) is 3.64. The molecule has 1 atom stereocenters. The molecule has 94 valence electrons. The van der Waals surface area contributed by atoms with E-state index >= 15 is 0 Å². The SMILES string of the molecule is C[C@@H](C(=O)Nc1cc(Cl)c(Cl)cc1Cl)N(C)C. The van der Waals surface area contributed by atoms with Gasteiger partial charge in [0.2, 0.25) is 5.91 Å². The van der Waals surface area contributed by atoms with E-state index in [4.69, 9.17) is 34.8 Å². The molecule has 0 aromatic heterocycles. The summed E-state index contributed by atoms with van der Waals surface area (Å²) in [5, 5.41) is 3.77. The van der Waals surface area contributed by atoms with Crippen LogP contribution in [0.25, 0.3) is 0 Å². The Bertz CT molecular complexity index is 435. The van der Waals surface area contributed by atoms with Crippen molar-refractivity contribution in [3.63, 3.8) is 0 Å². The highest BCUT2D eigenvalue weighted by molar-refractivity contribution is 6.44. The van der Waals surface area contributed by atoms with Crippen LogP contribution in [-0.2, 0) is 4.79 Å². The average molecular weight is 296 g/mol. The van der Waals surface area contributed by atoms with Gasteiger partial charge in [0, 0.05) is 0 Å². The van der Waals surface area contributed by atoms with Crippen molar-refractivity contribution in [1.82, 2.24) is 4.90 Å². The first-order chi connectivity index (χ1) is 7.82. The number of carbonyl (C=O) groups excluding carboxylic acids is 1. The van der Waals surface area contributed by atoms with Crippen molar-refractivity contribution in [2.45, 2.75) is 13.0 Å². The van der Waals surface area contributed by atoms with Crippen molar-refractivity contribution >= 4 is 46.4 Å². The Balaban J connectivity index is 2.89. The normalized spacial score (nSPS) is 12.6. The van der Waals surface area contributed by atoms with E-state index in [1.54, 1.807) is 11.8 Å². The second kappa shape index (κ2) is 5.91. The molecule has 0 bridgehead atoms. The monoisotopic (exact) mass is 294 g/mol. The summed E-state index contributed by atoms with van der Waals surface area (Å²) < 4.78 is 0. The lowest BCUT2D eigenvalue weighted by Gasteiger charge is -2.19. The molecule has 1 aromatic rings. The van der Waals surface area contributed by atoms with Gasteiger partial charge in [-0.05, 0) is 33.2 Å². The molecule has 3 nitrogen and oxygen atoms in total. The number of hydrogen-bond donors (Lipinski definition) is 1. The Morgan fingerprint density at radius 1 is 1.18 bits per heavy atom. The molecule has 6 heteroatoms. The Morgan fingerprint density at radius 2 is 1.71 bits per heavy atom. The quantitative estimate of drug-likeness (QED) is 0.865. The van der Waals surface area contributed by atoms with Crippen LogP contribution < -0.4 is 5.32 Å². The third-order valence-electron chi connectivity index (χ3n) is 2.42. The van der Waals surface area contributed by atoms with Gasteiger partial charge >= 0.3 is 0 Å². The Morgan fingerprint density at radius 3 is 2.24 bits per heavy atom. The van der Waals surface area contributed by atoms with Gasteiger partial charge in [0.25, 0.3) is 0 Å². The van der Waals surface area contributed by atoms with Crippen molar-refractivity contribution < 1.29 is 4.79 Å². The van der Waals surface area contributed by atoms with Gasteiger partial charge in [-0.3, -0.25) is 9.69 Å². The first kappa shape index (κ1) is 14.6. The number of hydrogen-bond acceptors (Lipinski definition) is 2. The first-order valence-corrected chi connectivity index (χ1v) is 6.08. The molecule has 1 aromatic carbocycles. The van der Waals surface area contributed by atoms with E-state index in [0.29, 0.717) is 20.8 Å². The van der Waals surface area contributed by atoms with Crippen LogP contribution in [-0.4, -0.2) is 30.9 Å². The molecule has 0 aliphatic carbocycles. The smallest absolute Gasteiger partial charge is 0.241 e. The molecule has 0 aliphatic heterocycles. The number of nitrogens with zero attached hydrogens (tertiary/aromatic N) is 1. The van der Waals surface area contributed by atoms with Gasteiger partial charge in [-0.2, -0.15) is 0 Å². The minimum absolute atomic E-state index is 0.157. The fraction of sp³-hybridized carbons (Fsp3) is 0.364. The second-order valence-corrected chi connectivity index (χ2v) is 5.10. The van der Waals surface area contributed by atoms with Gasteiger partial charge in [-0.25, -0.2) is 0 Å². The van der Waals surface area contributed by atoms with Crippen LogP contribution in [0.5, 0.6) is 0 Å². The second-order valence-electron chi connectivity index (χ2n) is 3.87. The summed E-state index contributed by atoms with van der Waals surface area (Å²) in [5.41, 5.74) is 0.458. The minimum atomic E-state index is -0.263. The van der Waals surface area contributed by atoms with E-state index in [9.17, 15) is 4.79 Å².